The van der Waals surface area contributed by atoms with E-state index in [0.717, 1.165) is 0 Å². The van der Waals surface area contributed by atoms with Crippen molar-refractivity contribution in [3.63, 3.8) is 0 Å². The number of aromatic nitrogens is 3. The fourth-order valence-corrected chi connectivity index (χ4v) is 0.427. The summed E-state index contributed by atoms with van der Waals surface area (Å²) in [5, 5.41) is 6.50. The highest BCUT2D eigenvalue weighted by Gasteiger charge is 1.93. The summed E-state index contributed by atoms with van der Waals surface area (Å²) in [5.41, 5.74) is 15.4. The highest BCUT2D eigenvalue weighted by molar-refractivity contribution is 5.33. The van der Waals surface area contributed by atoms with E-state index in [1.807, 2.05) is 6.79 Å². The Bertz CT molecular complexity index is 191. The van der Waals surface area contributed by atoms with Gasteiger partial charge in [0, 0.05) is 0 Å². The molecule has 0 aliphatic heterocycles. The van der Waals surface area contributed by atoms with Gasteiger partial charge >= 0.3 is 0 Å². The number of rotatable bonds is 0. The Balaban J connectivity index is 0. The zero-order valence-corrected chi connectivity index (χ0v) is 6.71. The van der Waals surface area contributed by atoms with E-state index in [2.05, 4.69) is 20.8 Å². The molecule has 1 rings (SSSR count). The second kappa shape index (κ2) is 8.10. The SMILES string of the molecule is C=O.NO.Nc1nc(N)nc(N)n1. The summed E-state index contributed by atoms with van der Waals surface area (Å²) in [6, 6.07) is 0. The molecule has 0 bridgehead atoms. The first-order chi connectivity index (χ1) is 6.18. The summed E-state index contributed by atoms with van der Waals surface area (Å²) >= 11 is 0. The number of hydrogen-bond donors (Lipinski definition) is 5. The minimum absolute atomic E-state index is 0.0417. The molecule has 0 saturated carbocycles. The van der Waals surface area contributed by atoms with Gasteiger partial charge in [0.25, 0.3) is 0 Å². The third-order valence-corrected chi connectivity index (χ3v) is 0.687. The maximum atomic E-state index is 8.00. The van der Waals surface area contributed by atoms with E-state index in [4.69, 9.17) is 27.2 Å². The molecule has 74 valence electrons. The van der Waals surface area contributed by atoms with E-state index in [-0.39, 0.29) is 17.8 Å². The van der Waals surface area contributed by atoms with Crippen LogP contribution in [0.2, 0.25) is 0 Å². The maximum Gasteiger partial charge on any atom is 0.226 e. The lowest BCUT2D eigenvalue weighted by Crippen LogP contribution is -2.05. The molecule has 0 atom stereocenters. The molecule has 0 radical (unpaired) electrons. The quantitative estimate of drug-likeness (QED) is 0.282. The van der Waals surface area contributed by atoms with Gasteiger partial charge in [0.15, 0.2) is 0 Å². The number of nitrogens with zero attached hydrogens (tertiary/aromatic N) is 3. The van der Waals surface area contributed by atoms with Crippen molar-refractivity contribution in [3.8, 4) is 0 Å². The molecular weight excluding hydrogens is 178 g/mol. The molecule has 9 heteroatoms. The maximum absolute atomic E-state index is 8.00. The smallest absolute Gasteiger partial charge is 0.226 e. The van der Waals surface area contributed by atoms with Crippen LogP contribution in [0.5, 0.6) is 0 Å². The van der Waals surface area contributed by atoms with Crippen molar-refractivity contribution in [1.82, 2.24) is 15.0 Å². The first-order valence-corrected chi connectivity index (χ1v) is 2.75. The van der Waals surface area contributed by atoms with Gasteiger partial charge in [-0.05, 0) is 0 Å². The summed E-state index contributed by atoms with van der Waals surface area (Å²) in [7, 11) is 0. The lowest BCUT2D eigenvalue weighted by atomic mass is 10.9. The molecule has 0 aliphatic carbocycles. The van der Waals surface area contributed by atoms with Gasteiger partial charge in [-0.15, -0.1) is 0 Å². The lowest BCUT2D eigenvalue weighted by Gasteiger charge is -1.93. The molecule has 0 fully saturated rings. The molecule has 0 amide bonds. The largest absolute Gasteiger partial charge is 0.368 e. The highest BCUT2D eigenvalue weighted by Crippen LogP contribution is 1.97. The fraction of sp³-hybridized carbons (Fsp3) is 0. The minimum Gasteiger partial charge on any atom is -0.368 e. The first kappa shape index (κ1) is 13.6. The summed E-state index contributed by atoms with van der Waals surface area (Å²) in [5.74, 6) is 3.63. The van der Waals surface area contributed by atoms with Crippen LogP contribution in [-0.2, 0) is 4.79 Å². The molecule has 9 N–H and O–H groups in total. The van der Waals surface area contributed by atoms with Crippen molar-refractivity contribution in [2.45, 2.75) is 0 Å². The Morgan fingerprint density at radius 2 is 1.00 bits per heavy atom. The molecule has 1 aromatic rings. The monoisotopic (exact) mass is 189 g/mol. The highest BCUT2D eigenvalue weighted by atomic mass is 16.4. The third kappa shape index (κ3) is 6.40. The molecule has 13 heavy (non-hydrogen) atoms. The van der Waals surface area contributed by atoms with Gasteiger partial charge in [-0.1, -0.05) is 0 Å². The number of hydrogen-bond acceptors (Lipinski definition) is 9. The number of nitrogens with two attached hydrogens (primary N) is 4. The zero-order chi connectivity index (χ0) is 10.9. The molecule has 0 unspecified atom stereocenters. The summed E-state index contributed by atoms with van der Waals surface area (Å²) in [4.78, 5) is 18.5. The molecule has 0 saturated heterocycles. The second-order valence-corrected chi connectivity index (χ2v) is 1.41. The fourth-order valence-electron chi connectivity index (χ4n) is 0.427. The van der Waals surface area contributed by atoms with Crippen LogP contribution >= 0.6 is 0 Å². The van der Waals surface area contributed by atoms with Crippen LogP contribution in [0.4, 0.5) is 17.8 Å². The topological polar surface area (TPSA) is 180 Å². The third-order valence-electron chi connectivity index (χ3n) is 0.687. The Morgan fingerprint density at radius 1 is 0.846 bits per heavy atom. The van der Waals surface area contributed by atoms with E-state index >= 15 is 0 Å². The zero-order valence-electron chi connectivity index (χ0n) is 6.71. The number of carbonyl (C=O) groups is 1. The summed E-state index contributed by atoms with van der Waals surface area (Å²) in [6.45, 7) is 2.00. The van der Waals surface area contributed by atoms with Crippen molar-refractivity contribution in [3.05, 3.63) is 0 Å². The van der Waals surface area contributed by atoms with Crippen molar-refractivity contribution in [1.29, 1.82) is 0 Å². The second-order valence-electron chi connectivity index (χ2n) is 1.41. The van der Waals surface area contributed by atoms with Gasteiger partial charge in [0.1, 0.15) is 6.79 Å². The van der Waals surface area contributed by atoms with Crippen LogP contribution in [0, 0.1) is 0 Å². The standard InChI is InChI=1S/C3H6N6.CH2O.H3NO/c4-1-7-2(5)9-3(6)8-1;2*1-2/h(H6,4,5,6,7,8,9);1H2;2H,1H2. The Hall–Kier alpha value is -2.00. The van der Waals surface area contributed by atoms with E-state index in [1.54, 1.807) is 0 Å². The summed E-state index contributed by atoms with van der Waals surface area (Å²) < 4.78 is 0. The minimum atomic E-state index is 0.0417. The Labute approximate surface area is 73.7 Å². The van der Waals surface area contributed by atoms with Crippen LogP contribution in [0.1, 0.15) is 0 Å². The molecule has 0 spiro atoms. The number of carbonyl (C=O) groups excluding carboxylic acids is 1. The predicted molar refractivity (Wildman–Crippen MR) is 46.2 cm³/mol. The van der Waals surface area contributed by atoms with Gasteiger partial charge in [0.05, 0.1) is 0 Å². The summed E-state index contributed by atoms with van der Waals surface area (Å²) in [6.07, 6.45) is 0. The van der Waals surface area contributed by atoms with Crippen LogP contribution in [0.3, 0.4) is 0 Å². The Kier molecular flexibility index (Phi) is 8.46. The molecule has 1 aromatic heterocycles. The van der Waals surface area contributed by atoms with Gasteiger partial charge in [-0.25, -0.2) is 5.90 Å². The van der Waals surface area contributed by atoms with Crippen LogP contribution in [0.15, 0.2) is 0 Å². The van der Waals surface area contributed by atoms with E-state index in [1.165, 1.54) is 0 Å². The van der Waals surface area contributed by atoms with Crippen molar-refractivity contribution in [2.75, 3.05) is 17.2 Å². The Morgan fingerprint density at radius 3 is 1.15 bits per heavy atom. The number of anilines is 3. The van der Waals surface area contributed by atoms with E-state index < -0.39 is 0 Å². The average molecular weight is 189 g/mol. The van der Waals surface area contributed by atoms with Gasteiger partial charge in [-0.3, -0.25) is 0 Å². The van der Waals surface area contributed by atoms with E-state index in [0.29, 0.717) is 0 Å². The predicted octanol–water partition coefficient (Wildman–Crippen LogP) is -2.23. The van der Waals surface area contributed by atoms with Gasteiger partial charge in [0.2, 0.25) is 17.8 Å². The van der Waals surface area contributed by atoms with Gasteiger partial charge in [-0.2, -0.15) is 15.0 Å². The van der Waals surface area contributed by atoms with Crippen molar-refractivity contribution >= 4 is 24.6 Å². The van der Waals surface area contributed by atoms with E-state index in [9.17, 15) is 0 Å². The molecular formula is C4H11N7O2. The van der Waals surface area contributed by atoms with Crippen LogP contribution in [-0.4, -0.2) is 26.9 Å². The van der Waals surface area contributed by atoms with Crippen molar-refractivity contribution < 1.29 is 10.0 Å². The number of nitrogen functional groups attached to an aromatic ring is 3. The average Bonchev–Trinajstić information content (AvgIpc) is 2.09. The first-order valence-electron chi connectivity index (χ1n) is 2.75. The lowest BCUT2D eigenvalue weighted by molar-refractivity contribution is -0.0979. The van der Waals surface area contributed by atoms with Crippen LogP contribution < -0.4 is 23.1 Å². The van der Waals surface area contributed by atoms with Crippen LogP contribution in [0.25, 0.3) is 0 Å². The normalized spacial score (nSPS) is 7.23. The molecule has 0 aromatic carbocycles. The molecule has 0 aliphatic rings. The molecule has 1 heterocycles. The van der Waals surface area contributed by atoms with Crippen molar-refractivity contribution in [2.24, 2.45) is 5.90 Å². The van der Waals surface area contributed by atoms with Gasteiger partial charge < -0.3 is 27.2 Å². The molecule has 9 nitrogen and oxygen atoms in total.